The largest absolute Gasteiger partial charge is 0.361 e. The zero-order valence-corrected chi connectivity index (χ0v) is 11.8. The molecule has 3 fully saturated rings. The summed E-state index contributed by atoms with van der Waals surface area (Å²) < 4.78 is 0. The first-order valence-electron chi connectivity index (χ1n) is 7.16. The predicted molar refractivity (Wildman–Crippen MR) is 75.5 cm³/mol. The van der Waals surface area contributed by atoms with Gasteiger partial charge in [-0.1, -0.05) is 32.0 Å². The second kappa shape index (κ2) is 4.83. The van der Waals surface area contributed by atoms with Crippen LogP contribution in [-0.4, -0.2) is 23.5 Å². The topological polar surface area (TPSA) is 24.4 Å². The molecule has 0 radical (unpaired) electrons. The Morgan fingerprint density at radius 3 is 2.82 bits per heavy atom. The second-order valence-corrected chi connectivity index (χ2v) is 7.40. The molecule has 1 saturated heterocycles. The molecule has 2 aliphatic carbocycles. The van der Waals surface area contributed by atoms with Gasteiger partial charge in [-0.2, -0.15) is 0 Å². The SMILES string of the molecule is CC(C)C1CSC(=NCC2CC3CCC2C3)N1. The molecular formula is C14H24N2S. The molecule has 1 heterocycles. The van der Waals surface area contributed by atoms with Gasteiger partial charge in [0.05, 0.1) is 0 Å². The monoisotopic (exact) mass is 252 g/mol. The Hall–Kier alpha value is -0.180. The van der Waals surface area contributed by atoms with Crippen molar-refractivity contribution < 1.29 is 0 Å². The quantitative estimate of drug-likeness (QED) is 0.834. The number of amidine groups is 1. The van der Waals surface area contributed by atoms with Crippen LogP contribution in [0.4, 0.5) is 0 Å². The highest BCUT2D eigenvalue weighted by atomic mass is 32.2. The number of thioether (sulfide) groups is 1. The van der Waals surface area contributed by atoms with Crippen LogP contribution in [0.3, 0.4) is 0 Å². The smallest absolute Gasteiger partial charge is 0.156 e. The second-order valence-electron chi connectivity index (χ2n) is 6.39. The molecular weight excluding hydrogens is 228 g/mol. The fourth-order valence-electron chi connectivity index (χ4n) is 3.66. The third-order valence-corrected chi connectivity index (χ3v) is 5.91. The fraction of sp³-hybridized carbons (Fsp3) is 0.929. The molecule has 2 saturated carbocycles. The third-order valence-electron chi connectivity index (χ3n) is 4.87. The van der Waals surface area contributed by atoms with E-state index in [1.807, 2.05) is 11.8 Å². The van der Waals surface area contributed by atoms with Crippen molar-refractivity contribution in [3.05, 3.63) is 0 Å². The summed E-state index contributed by atoms with van der Waals surface area (Å²) >= 11 is 1.92. The molecule has 1 aliphatic heterocycles. The Bertz CT molecular complexity index is 313. The minimum atomic E-state index is 0.638. The summed E-state index contributed by atoms with van der Waals surface area (Å²) in [6, 6.07) is 0.638. The Labute approximate surface area is 109 Å². The lowest BCUT2D eigenvalue weighted by atomic mass is 9.89. The van der Waals surface area contributed by atoms with Gasteiger partial charge >= 0.3 is 0 Å². The van der Waals surface area contributed by atoms with Crippen LogP contribution in [0.5, 0.6) is 0 Å². The maximum atomic E-state index is 4.83. The van der Waals surface area contributed by atoms with Gasteiger partial charge in [-0.15, -0.1) is 0 Å². The summed E-state index contributed by atoms with van der Waals surface area (Å²) in [5.74, 6) is 4.89. The minimum absolute atomic E-state index is 0.638. The highest BCUT2D eigenvalue weighted by Crippen LogP contribution is 2.48. The van der Waals surface area contributed by atoms with Crippen molar-refractivity contribution in [3.8, 4) is 0 Å². The molecule has 2 nitrogen and oxygen atoms in total. The first kappa shape index (κ1) is 11.9. The van der Waals surface area contributed by atoms with Gasteiger partial charge in [0.15, 0.2) is 5.17 Å². The zero-order valence-electron chi connectivity index (χ0n) is 11.0. The molecule has 0 aromatic carbocycles. The summed E-state index contributed by atoms with van der Waals surface area (Å²) in [4.78, 5) is 4.83. The Kier molecular flexibility index (Phi) is 3.38. The van der Waals surface area contributed by atoms with Gasteiger partial charge in [-0.3, -0.25) is 4.99 Å². The average Bonchev–Trinajstić information content (AvgIpc) is 3.02. The zero-order chi connectivity index (χ0) is 11.8. The maximum absolute atomic E-state index is 4.83. The van der Waals surface area contributed by atoms with Crippen LogP contribution < -0.4 is 5.32 Å². The number of aliphatic imine (C=N–C) groups is 1. The lowest BCUT2D eigenvalue weighted by Crippen LogP contribution is -2.32. The molecule has 4 atom stereocenters. The molecule has 3 rings (SSSR count). The molecule has 0 aromatic heterocycles. The van der Waals surface area contributed by atoms with Gasteiger partial charge in [-0.25, -0.2) is 0 Å². The van der Waals surface area contributed by atoms with E-state index in [4.69, 9.17) is 4.99 Å². The molecule has 17 heavy (non-hydrogen) atoms. The number of hydrogen-bond acceptors (Lipinski definition) is 2. The van der Waals surface area contributed by atoms with Crippen LogP contribution >= 0.6 is 11.8 Å². The van der Waals surface area contributed by atoms with Crippen LogP contribution in [0.15, 0.2) is 4.99 Å². The molecule has 1 N–H and O–H groups in total. The number of nitrogens with one attached hydrogen (secondary N) is 1. The molecule has 4 unspecified atom stereocenters. The van der Waals surface area contributed by atoms with E-state index in [0.29, 0.717) is 6.04 Å². The molecule has 0 aromatic rings. The Balaban J connectivity index is 1.51. The Morgan fingerprint density at radius 1 is 1.35 bits per heavy atom. The summed E-state index contributed by atoms with van der Waals surface area (Å²) in [6.07, 6.45) is 5.94. The van der Waals surface area contributed by atoms with Crippen LogP contribution in [0.1, 0.15) is 39.5 Å². The number of rotatable bonds is 3. The average molecular weight is 252 g/mol. The third kappa shape index (κ3) is 2.49. The first-order chi connectivity index (χ1) is 8.22. The normalized spacial score (nSPS) is 42.6. The van der Waals surface area contributed by atoms with E-state index in [-0.39, 0.29) is 0 Å². The van der Waals surface area contributed by atoms with Crippen LogP contribution in [0, 0.1) is 23.7 Å². The molecule has 3 aliphatic rings. The van der Waals surface area contributed by atoms with Crippen molar-refractivity contribution in [2.75, 3.05) is 12.3 Å². The van der Waals surface area contributed by atoms with Crippen molar-refractivity contribution in [2.45, 2.75) is 45.6 Å². The van der Waals surface area contributed by atoms with Crippen LogP contribution in [0.2, 0.25) is 0 Å². The first-order valence-corrected chi connectivity index (χ1v) is 8.14. The minimum Gasteiger partial charge on any atom is -0.361 e. The molecule has 0 amide bonds. The van der Waals surface area contributed by atoms with Gasteiger partial charge in [0, 0.05) is 18.3 Å². The van der Waals surface area contributed by atoms with E-state index in [1.54, 1.807) is 0 Å². The van der Waals surface area contributed by atoms with Crippen molar-refractivity contribution in [1.82, 2.24) is 5.32 Å². The van der Waals surface area contributed by atoms with E-state index in [2.05, 4.69) is 19.2 Å². The van der Waals surface area contributed by atoms with E-state index in [0.717, 1.165) is 30.2 Å². The van der Waals surface area contributed by atoms with Gasteiger partial charge in [0.25, 0.3) is 0 Å². The number of nitrogens with zero attached hydrogens (tertiary/aromatic N) is 1. The van der Waals surface area contributed by atoms with Gasteiger partial charge in [-0.05, 0) is 42.9 Å². The highest BCUT2D eigenvalue weighted by Gasteiger charge is 2.39. The molecule has 96 valence electrons. The standard InChI is InChI=1S/C14H24N2S/c1-9(2)13-8-17-14(16-13)15-7-12-6-10-3-4-11(12)5-10/h9-13H,3-8H2,1-2H3,(H,15,16). The summed E-state index contributed by atoms with van der Waals surface area (Å²) in [6.45, 7) is 5.66. The van der Waals surface area contributed by atoms with Crippen molar-refractivity contribution >= 4 is 16.9 Å². The van der Waals surface area contributed by atoms with E-state index >= 15 is 0 Å². The lowest BCUT2D eigenvalue weighted by molar-refractivity contribution is 0.342. The van der Waals surface area contributed by atoms with Gasteiger partial charge < -0.3 is 5.32 Å². The lowest BCUT2D eigenvalue weighted by Gasteiger charge is -2.19. The van der Waals surface area contributed by atoms with E-state index in [9.17, 15) is 0 Å². The van der Waals surface area contributed by atoms with Gasteiger partial charge in [0.2, 0.25) is 0 Å². The van der Waals surface area contributed by atoms with Gasteiger partial charge in [0.1, 0.15) is 0 Å². The summed E-state index contributed by atoms with van der Waals surface area (Å²) in [5, 5.41) is 4.79. The molecule has 2 bridgehead atoms. The fourth-order valence-corrected chi connectivity index (χ4v) is 4.87. The maximum Gasteiger partial charge on any atom is 0.156 e. The predicted octanol–water partition coefficient (Wildman–Crippen LogP) is 3.14. The van der Waals surface area contributed by atoms with Crippen LogP contribution in [-0.2, 0) is 0 Å². The number of hydrogen-bond donors (Lipinski definition) is 1. The Morgan fingerprint density at radius 2 is 2.24 bits per heavy atom. The van der Waals surface area contributed by atoms with Crippen molar-refractivity contribution in [1.29, 1.82) is 0 Å². The molecule has 3 heteroatoms. The molecule has 0 spiro atoms. The summed E-state index contributed by atoms with van der Waals surface area (Å²) in [7, 11) is 0. The van der Waals surface area contributed by atoms with E-state index in [1.165, 1.54) is 36.6 Å². The van der Waals surface area contributed by atoms with E-state index < -0.39 is 0 Å². The number of fused-ring (bicyclic) bond motifs is 2. The van der Waals surface area contributed by atoms with Crippen LogP contribution in [0.25, 0.3) is 0 Å². The van der Waals surface area contributed by atoms with Crippen molar-refractivity contribution in [2.24, 2.45) is 28.7 Å². The van der Waals surface area contributed by atoms with Crippen molar-refractivity contribution in [3.63, 3.8) is 0 Å². The summed E-state index contributed by atoms with van der Waals surface area (Å²) in [5.41, 5.74) is 0. The highest BCUT2D eigenvalue weighted by molar-refractivity contribution is 8.14.